The lowest BCUT2D eigenvalue weighted by molar-refractivity contribution is 0.216. The van der Waals surface area contributed by atoms with E-state index in [9.17, 15) is 5.11 Å². The molecule has 2 unspecified atom stereocenters. The minimum Gasteiger partial charge on any atom is -0.395 e. The first-order valence-corrected chi connectivity index (χ1v) is 7.87. The molecule has 2 aromatic rings. The molecule has 0 amide bonds. The molecule has 4 nitrogen and oxygen atoms in total. The first-order valence-electron chi connectivity index (χ1n) is 6.99. The smallest absolute Gasteiger partial charge is 0.131 e. The van der Waals surface area contributed by atoms with E-state index in [1.807, 2.05) is 30.1 Å². The van der Waals surface area contributed by atoms with E-state index in [2.05, 4.69) is 35.6 Å². The molecule has 0 radical (unpaired) electrons. The number of thiophene rings is 1. The van der Waals surface area contributed by atoms with Gasteiger partial charge in [0.25, 0.3) is 0 Å². The number of imidazole rings is 1. The Morgan fingerprint density at radius 2 is 2.25 bits per heavy atom. The number of aliphatic hydroxyl groups excluding tert-OH is 1. The van der Waals surface area contributed by atoms with Crippen LogP contribution >= 0.6 is 11.3 Å². The van der Waals surface area contributed by atoms with Gasteiger partial charge in [-0.05, 0) is 23.8 Å². The molecule has 2 aromatic heterocycles. The van der Waals surface area contributed by atoms with Crippen molar-refractivity contribution in [1.82, 2.24) is 14.9 Å². The van der Waals surface area contributed by atoms with Gasteiger partial charge in [0.15, 0.2) is 0 Å². The van der Waals surface area contributed by atoms with Gasteiger partial charge in [-0.15, -0.1) is 11.3 Å². The molecule has 2 N–H and O–H groups in total. The van der Waals surface area contributed by atoms with Crippen LogP contribution in [0.15, 0.2) is 29.9 Å². The normalized spacial score (nSPS) is 14.7. The first-order chi connectivity index (χ1) is 9.61. The molecule has 0 fully saturated rings. The van der Waals surface area contributed by atoms with Crippen molar-refractivity contribution in [2.24, 2.45) is 13.0 Å². The van der Waals surface area contributed by atoms with Crippen LogP contribution in [0.4, 0.5) is 0 Å². The Balaban J connectivity index is 2.22. The number of aliphatic hydroxyl groups is 1. The maximum atomic E-state index is 9.60. The van der Waals surface area contributed by atoms with Gasteiger partial charge in [-0.25, -0.2) is 4.98 Å². The molecule has 0 bridgehead atoms. The van der Waals surface area contributed by atoms with Gasteiger partial charge in [-0.2, -0.15) is 0 Å². The molecule has 0 aromatic carbocycles. The van der Waals surface area contributed by atoms with Gasteiger partial charge in [0.2, 0.25) is 0 Å². The number of hydrogen-bond donors (Lipinski definition) is 2. The highest BCUT2D eigenvalue weighted by Crippen LogP contribution is 2.26. The zero-order valence-corrected chi connectivity index (χ0v) is 13.1. The average Bonchev–Trinajstić information content (AvgIpc) is 3.05. The topological polar surface area (TPSA) is 50.1 Å². The number of hydrogen-bond acceptors (Lipinski definition) is 4. The molecule has 0 aliphatic carbocycles. The predicted molar refractivity (Wildman–Crippen MR) is 82.8 cm³/mol. The predicted octanol–water partition coefficient (Wildman–Crippen LogP) is 2.57. The highest BCUT2D eigenvalue weighted by Gasteiger charge is 2.23. The summed E-state index contributed by atoms with van der Waals surface area (Å²) >= 11 is 1.71. The van der Waals surface area contributed by atoms with Gasteiger partial charge in [0, 0.05) is 30.4 Å². The van der Waals surface area contributed by atoms with Crippen LogP contribution in [0.3, 0.4) is 0 Å². The van der Waals surface area contributed by atoms with E-state index in [1.54, 1.807) is 11.3 Å². The number of nitrogens with zero attached hydrogens (tertiary/aromatic N) is 2. The summed E-state index contributed by atoms with van der Waals surface area (Å²) in [6, 6.07) is 4.28. The molecule has 0 aliphatic rings. The molecule has 0 aliphatic heterocycles. The molecule has 2 atom stereocenters. The maximum Gasteiger partial charge on any atom is 0.131 e. The summed E-state index contributed by atoms with van der Waals surface area (Å²) in [5.74, 6) is 1.53. The second-order valence-electron chi connectivity index (χ2n) is 5.52. The summed E-state index contributed by atoms with van der Waals surface area (Å²) in [5, 5.41) is 15.2. The number of aromatic nitrogens is 2. The van der Waals surface area contributed by atoms with Crippen LogP contribution in [-0.4, -0.2) is 27.3 Å². The van der Waals surface area contributed by atoms with Crippen molar-refractivity contribution in [2.45, 2.75) is 32.4 Å². The molecule has 0 spiro atoms. The van der Waals surface area contributed by atoms with Crippen LogP contribution in [0, 0.1) is 5.92 Å². The Morgan fingerprint density at radius 3 is 2.75 bits per heavy atom. The molecular formula is C15H23N3OS. The van der Waals surface area contributed by atoms with E-state index in [4.69, 9.17) is 0 Å². The third kappa shape index (κ3) is 3.69. The van der Waals surface area contributed by atoms with Crippen molar-refractivity contribution in [3.63, 3.8) is 0 Å². The van der Waals surface area contributed by atoms with Crippen LogP contribution in [0.1, 0.15) is 37.0 Å². The van der Waals surface area contributed by atoms with E-state index < -0.39 is 0 Å². The maximum absolute atomic E-state index is 9.60. The second-order valence-corrected chi connectivity index (χ2v) is 6.50. The minimum absolute atomic E-state index is 0.0332. The first kappa shape index (κ1) is 15.2. The number of aryl methyl sites for hydroxylation is 1. The van der Waals surface area contributed by atoms with E-state index in [0.717, 1.165) is 12.2 Å². The van der Waals surface area contributed by atoms with Crippen molar-refractivity contribution in [3.05, 3.63) is 40.6 Å². The standard InChI is InChI=1S/C15H23N3OS/c1-11(2)9-12(10-19)17-14(13-5-4-8-20-13)15-16-6-7-18(15)3/h4-8,11-12,14,17,19H,9-10H2,1-3H3. The van der Waals surface area contributed by atoms with Gasteiger partial charge in [-0.3, -0.25) is 5.32 Å². The molecule has 110 valence electrons. The molecular weight excluding hydrogens is 270 g/mol. The minimum atomic E-state index is 0.0332. The molecule has 20 heavy (non-hydrogen) atoms. The van der Waals surface area contributed by atoms with E-state index in [-0.39, 0.29) is 18.7 Å². The fraction of sp³-hybridized carbons (Fsp3) is 0.533. The lowest BCUT2D eigenvalue weighted by Gasteiger charge is -2.25. The van der Waals surface area contributed by atoms with Crippen LogP contribution in [0.5, 0.6) is 0 Å². The molecule has 0 saturated carbocycles. The monoisotopic (exact) mass is 293 g/mol. The fourth-order valence-electron chi connectivity index (χ4n) is 2.39. The summed E-state index contributed by atoms with van der Waals surface area (Å²) in [7, 11) is 2.00. The molecule has 2 heterocycles. The zero-order chi connectivity index (χ0) is 14.5. The molecule has 2 rings (SSSR count). The lowest BCUT2D eigenvalue weighted by atomic mass is 10.0. The van der Waals surface area contributed by atoms with Crippen LogP contribution < -0.4 is 5.32 Å². The highest BCUT2D eigenvalue weighted by atomic mass is 32.1. The van der Waals surface area contributed by atoms with Gasteiger partial charge < -0.3 is 9.67 Å². The van der Waals surface area contributed by atoms with Crippen molar-refractivity contribution in [1.29, 1.82) is 0 Å². The third-order valence-electron chi connectivity index (χ3n) is 3.32. The van der Waals surface area contributed by atoms with Crippen molar-refractivity contribution in [2.75, 3.05) is 6.61 Å². The summed E-state index contributed by atoms with van der Waals surface area (Å²) in [5.41, 5.74) is 0. The van der Waals surface area contributed by atoms with Gasteiger partial charge in [-0.1, -0.05) is 19.9 Å². The summed E-state index contributed by atoms with van der Waals surface area (Å²) in [6.07, 6.45) is 4.71. The third-order valence-corrected chi connectivity index (χ3v) is 4.26. The number of nitrogens with one attached hydrogen (secondary N) is 1. The SMILES string of the molecule is CC(C)CC(CO)NC(c1cccs1)c1nccn1C. The fourth-order valence-corrected chi connectivity index (χ4v) is 3.18. The Morgan fingerprint density at radius 1 is 1.45 bits per heavy atom. The number of rotatable bonds is 7. The molecule has 5 heteroatoms. The average molecular weight is 293 g/mol. The van der Waals surface area contributed by atoms with Gasteiger partial charge in [0.1, 0.15) is 11.9 Å². The van der Waals surface area contributed by atoms with Crippen LogP contribution in [-0.2, 0) is 7.05 Å². The zero-order valence-electron chi connectivity index (χ0n) is 12.3. The van der Waals surface area contributed by atoms with Crippen LogP contribution in [0.25, 0.3) is 0 Å². The summed E-state index contributed by atoms with van der Waals surface area (Å²) < 4.78 is 2.03. The van der Waals surface area contributed by atoms with E-state index in [1.165, 1.54) is 4.88 Å². The quantitative estimate of drug-likeness (QED) is 0.825. The highest BCUT2D eigenvalue weighted by molar-refractivity contribution is 7.10. The van der Waals surface area contributed by atoms with E-state index >= 15 is 0 Å². The Hall–Kier alpha value is -1.17. The summed E-state index contributed by atoms with van der Waals surface area (Å²) in [6.45, 7) is 4.49. The van der Waals surface area contributed by atoms with E-state index in [0.29, 0.717) is 5.92 Å². The van der Waals surface area contributed by atoms with Gasteiger partial charge >= 0.3 is 0 Å². The van der Waals surface area contributed by atoms with Crippen molar-refractivity contribution in [3.8, 4) is 0 Å². The van der Waals surface area contributed by atoms with Crippen LogP contribution in [0.2, 0.25) is 0 Å². The second kappa shape index (κ2) is 7.02. The van der Waals surface area contributed by atoms with Crippen molar-refractivity contribution < 1.29 is 5.11 Å². The lowest BCUT2D eigenvalue weighted by Crippen LogP contribution is -2.38. The molecule has 0 saturated heterocycles. The van der Waals surface area contributed by atoms with Gasteiger partial charge in [0.05, 0.1) is 6.61 Å². The Bertz CT molecular complexity index is 507. The van der Waals surface area contributed by atoms with Crippen molar-refractivity contribution >= 4 is 11.3 Å². The largest absolute Gasteiger partial charge is 0.395 e. The Labute approximate surface area is 124 Å². The summed E-state index contributed by atoms with van der Waals surface area (Å²) in [4.78, 5) is 5.69. The Kier molecular flexibility index (Phi) is 5.34.